The topological polar surface area (TPSA) is 76.6 Å². The lowest BCUT2D eigenvalue weighted by atomic mass is 9.77. The first-order valence-electron chi connectivity index (χ1n) is 11.0. The number of rotatable bonds is 5. The van der Waals surface area contributed by atoms with E-state index in [1.54, 1.807) is 6.33 Å². The van der Waals surface area contributed by atoms with E-state index in [4.69, 9.17) is 4.74 Å². The van der Waals surface area contributed by atoms with Crippen molar-refractivity contribution >= 4 is 11.2 Å². The van der Waals surface area contributed by atoms with Gasteiger partial charge in [0.05, 0.1) is 12.9 Å². The summed E-state index contributed by atoms with van der Waals surface area (Å²) < 4.78 is 8.00. The number of fused-ring (bicyclic) bond motifs is 3. The molecule has 0 spiro atoms. The zero-order valence-electron chi connectivity index (χ0n) is 17.6. The summed E-state index contributed by atoms with van der Waals surface area (Å²) in [5.41, 5.74) is 4.05. The lowest BCUT2D eigenvalue weighted by Gasteiger charge is -2.30. The van der Waals surface area contributed by atoms with Crippen LogP contribution < -0.4 is 4.74 Å². The molecule has 0 aliphatic heterocycles. The van der Waals surface area contributed by atoms with Gasteiger partial charge in [-0.15, -0.1) is 0 Å². The van der Waals surface area contributed by atoms with Gasteiger partial charge in [-0.05, 0) is 67.7 Å². The molecule has 30 heavy (non-hydrogen) atoms. The van der Waals surface area contributed by atoms with Gasteiger partial charge in [-0.25, -0.2) is 9.97 Å². The van der Waals surface area contributed by atoms with E-state index in [9.17, 15) is 5.26 Å². The number of ether oxygens (including phenoxy) is 1. The van der Waals surface area contributed by atoms with E-state index in [1.165, 1.54) is 38.5 Å². The molecular weight excluding hydrogens is 374 g/mol. The van der Waals surface area contributed by atoms with E-state index in [0.717, 1.165) is 41.2 Å². The summed E-state index contributed by atoms with van der Waals surface area (Å²) in [6.07, 6.45) is 9.98. The van der Waals surface area contributed by atoms with Crippen molar-refractivity contribution in [1.82, 2.24) is 19.5 Å². The first-order chi connectivity index (χ1) is 14.6. The number of hydrogen-bond donors (Lipinski definition) is 0. The second kappa shape index (κ2) is 7.71. The normalized spacial score (nSPS) is 22.9. The molecule has 2 fully saturated rings. The maximum atomic E-state index is 9.32. The van der Waals surface area contributed by atoms with Crippen LogP contribution in [0, 0.1) is 36.0 Å². The Morgan fingerprint density at radius 2 is 1.97 bits per heavy atom. The highest BCUT2D eigenvalue weighted by atomic mass is 16.5. The summed E-state index contributed by atoms with van der Waals surface area (Å²) in [4.78, 5) is 13.2. The maximum absolute atomic E-state index is 9.32. The van der Waals surface area contributed by atoms with Gasteiger partial charge in [-0.1, -0.05) is 19.3 Å². The summed E-state index contributed by atoms with van der Waals surface area (Å²) >= 11 is 0. The summed E-state index contributed by atoms with van der Waals surface area (Å²) in [5.74, 6) is 3.81. The molecule has 2 bridgehead atoms. The quantitative estimate of drug-likeness (QED) is 0.613. The SMILES string of the molecule is Cc1cc(-c2nc(C#N)nc3c2ncn3C)ccc1OCCC1C2CCCC1CC2. The van der Waals surface area contributed by atoms with Gasteiger partial charge in [0.25, 0.3) is 0 Å². The molecule has 2 heterocycles. The molecule has 2 aromatic heterocycles. The molecule has 1 aromatic carbocycles. The lowest BCUT2D eigenvalue weighted by Crippen LogP contribution is -2.22. The number of hydrogen-bond acceptors (Lipinski definition) is 5. The van der Waals surface area contributed by atoms with Crippen molar-refractivity contribution in [3.05, 3.63) is 35.9 Å². The third kappa shape index (κ3) is 3.32. The first kappa shape index (κ1) is 19.0. The number of benzene rings is 1. The minimum atomic E-state index is 0.154. The molecule has 2 aliphatic carbocycles. The van der Waals surface area contributed by atoms with Crippen LogP contribution in [0.2, 0.25) is 0 Å². The molecule has 2 aliphatic rings. The Hall–Kier alpha value is -2.94. The molecule has 0 N–H and O–H groups in total. The fourth-order valence-electron chi connectivity index (χ4n) is 5.59. The van der Waals surface area contributed by atoms with Gasteiger partial charge in [-0.2, -0.15) is 10.2 Å². The van der Waals surface area contributed by atoms with Crippen molar-refractivity contribution in [3.8, 4) is 23.1 Å². The molecule has 6 nitrogen and oxygen atoms in total. The van der Waals surface area contributed by atoms with Crippen LogP contribution in [-0.4, -0.2) is 26.1 Å². The Bertz CT molecular complexity index is 1110. The molecule has 6 heteroatoms. The highest BCUT2D eigenvalue weighted by molar-refractivity contribution is 5.87. The third-order valence-electron chi connectivity index (χ3n) is 7.09. The van der Waals surface area contributed by atoms with Crippen molar-refractivity contribution in [2.24, 2.45) is 24.8 Å². The van der Waals surface area contributed by atoms with Gasteiger partial charge in [0, 0.05) is 12.6 Å². The van der Waals surface area contributed by atoms with Crippen LogP contribution in [0.25, 0.3) is 22.4 Å². The van der Waals surface area contributed by atoms with E-state index < -0.39 is 0 Å². The van der Waals surface area contributed by atoms with Crippen molar-refractivity contribution in [3.63, 3.8) is 0 Å². The maximum Gasteiger partial charge on any atom is 0.234 e. The zero-order chi connectivity index (χ0) is 20.7. The van der Waals surface area contributed by atoms with Gasteiger partial charge in [0.15, 0.2) is 5.65 Å². The van der Waals surface area contributed by atoms with Crippen LogP contribution in [-0.2, 0) is 7.05 Å². The largest absolute Gasteiger partial charge is 0.493 e. The predicted molar refractivity (Wildman–Crippen MR) is 115 cm³/mol. The predicted octanol–water partition coefficient (Wildman–Crippen LogP) is 4.81. The molecule has 2 saturated carbocycles. The van der Waals surface area contributed by atoms with Crippen molar-refractivity contribution in [1.29, 1.82) is 5.26 Å². The lowest BCUT2D eigenvalue weighted by molar-refractivity contribution is 0.176. The average molecular weight is 402 g/mol. The standard InChI is InChI=1S/C24H27N5O/c1-15-12-18(22-23-24(29(2)14-26-23)28-21(13-25)27-22)8-9-20(15)30-11-10-19-16-4-3-5-17(19)7-6-16/h8-9,12,14,16-17,19H,3-7,10-11H2,1-2H3. The summed E-state index contributed by atoms with van der Waals surface area (Å²) in [5, 5.41) is 9.32. The highest BCUT2D eigenvalue weighted by Gasteiger charge is 2.38. The summed E-state index contributed by atoms with van der Waals surface area (Å²) in [6, 6.07) is 8.14. The minimum Gasteiger partial charge on any atom is -0.493 e. The smallest absolute Gasteiger partial charge is 0.234 e. The van der Waals surface area contributed by atoms with Crippen molar-refractivity contribution in [2.75, 3.05) is 6.61 Å². The van der Waals surface area contributed by atoms with Crippen molar-refractivity contribution in [2.45, 2.75) is 45.4 Å². The molecule has 5 rings (SSSR count). The number of imidazole rings is 1. The zero-order valence-corrected chi connectivity index (χ0v) is 17.6. The Morgan fingerprint density at radius 3 is 2.70 bits per heavy atom. The number of aryl methyl sites for hydroxylation is 2. The number of nitrogens with zero attached hydrogens (tertiary/aromatic N) is 5. The van der Waals surface area contributed by atoms with Crippen molar-refractivity contribution < 1.29 is 4.74 Å². The Balaban J connectivity index is 1.34. The molecule has 2 unspecified atom stereocenters. The third-order valence-corrected chi connectivity index (χ3v) is 7.09. The van der Waals surface area contributed by atoms with Crippen LogP contribution >= 0.6 is 0 Å². The summed E-state index contributed by atoms with van der Waals surface area (Å²) in [6.45, 7) is 2.85. The van der Waals surface area contributed by atoms with Gasteiger partial charge < -0.3 is 9.30 Å². The van der Waals surface area contributed by atoms with Crippen LogP contribution in [0.1, 0.15) is 49.9 Å². The molecule has 0 radical (unpaired) electrons. The molecular formula is C24H27N5O. The minimum absolute atomic E-state index is 0.154. The van der Waals surface area contributed by atoms with E-state index >= 15 is 0 Å². The number of aromatic nitrogens is 4. The Kier molecular flexibility index (Phi) is 4.90. The number of nitriles is 1. The van der Waals surface area contributed by atoms with Gasteiger partial charge in [0.2, 0.25) is 5.82 Å². The van der Waals surface area contributed by atoms with E-state index in [1.807, 2.05) is 23.7 Å². The highest BCUT2D eigenvalue weighted by Crippen LogP contribution is 2.48. The van der Waals surface area contributed by atoms with Crippen LogP contribution in [0.15, 0.2) is 24.5 Å². The average Bonchev–Trinajstić information content (AvgIpc) is 3.22. The molecule has 0 saturated heterocycles. The van der Waals surface area contributed by atoms with Crippen LogP contribution in [0.4, 0.5) is 0 Å². The van der Waals surface area contributed by atoms with Crippen LogP contribution in [0.5, 0.6) is 5.75 Å². The monoisotopic (exact) mass is 401 g/mol. The fraction of sp³-hybridized carbons (Fsp3) is 0.500. The first-order valence-corrected chi connectivity index (χ1v) is 11.0. The van der Waals surface area contributed by atoms with Crippen LogP contribution in [0.3, 0.4) is 0 Å². The van der Waals surface area contributed by atoms with Gasteiger partial charge >= 0.3 is 0 Å². The second-order valence-corrected chi connectivity index (χ2v) is 8.84. The van der Waals surface area contributed by atoms with Gasteiger partial charge in [-0.3, -0.25) is 0 Å². The molecule has 2 atom stereocenters. The Morgan fingerprint density at radius 1 is 1.17 bits per heavy atom. The Labute approximate surface area is 176 Å². The van der Waals surface area contributed by atoms with Gasteiger partial charge in [0.1, 0.15) is 23.0 Å². The molecule has 3 aromatic rings. The van der Waals surface area contributed by atoms with E-state index in [-0.39, 0.29) is 5.82 Å². The fourth-order valence-corrected chi connectivity index (χ4v) is 5.59. The molecule has 0 amide bonds. The second-order valence-electron chi connectivity index (χ2n) is 8.84. The summed E-state index contributed by atoms with van der Waals surface area (Å²) in [7, 11) is 1.87. The van der Waals surface area contributed by atoms with E-state index in [2.05, 4.69) is 34.0 Å². The molecule has 154 valence electrons. The van der Waals surface area contributed by atoms with E-state index in [0.29, 0.717) is 16.9 Å².